The monoisotopic (exact) mass is 182 g/mol. The Bertz CT molecular complexity index is 201. The van der Waals surface area contributed by atoms with Crippen LogP contribution in [-0.4, -0.2) is 36.5 Å². The molecule has 13 heavy (non-hydrogen) atoms. The third-order valence-corrected chi connectivity index (χ3v) is 3.09. The number of nitrogens with zero attached hydrogens (tertiary/aromatic N) is 1. The molecule has 2 atom stereocenters. The molecule has 2 aliphatic rings. The molecule has 0 aromatic carbocycles. The van der Waals surface area contributed by atoms with Crippen LogP contribution in [0, 0.1) is 5.92 Å². The Morgan fingerprint density at radius 2 is 2.23 bits per heavy atom. The molecule has 0 aliphatic carbocycles. The molecular formula is C10H18N2O. The van der Waals surface area contributed by atoms with Gasteiger partial charge in [0.1, 0.15) is 0 Å². The average Bonchev–Trinajstić information content (AvgIpc) is 2.01. The van der Waals surface area contributed by atoms with Crippen molar-refractivity contribution >= 4 is 5.91 Å². The standard InChI is InChI=1S/C10H18N2O/c1-8-3-2-6-12(7-8)10(13)9-4-5-11-9/h8-9,11H,2-7H2,1H3. The van der Waals surface area contributed by atoms with Crippen LogP contribution < -0.4 is 5.32 Å². The van der Waals surface area contributed by atoms with E-state index in [0.717, 1.165) is 26.1 Å². The largest absolute Gasteiger partial charge is 0.341 e. The van der Waals surface area contributed by atoms with Crippen LogP contribution in [0.2, 0.25) is 0 Å². The summed E-state index contributed by atoms with van der Waals surface area (Å²) in [5.74, 6) is 1.02. The molecule has 74 valence electrons. The van der Waals surface area contributed by atoms with E-state index in [0.29, 0.717) is 11.8 Å². The van der Waals surface area contributed by atoms with Crippen LogP contribution in [0.25, 0.3) is 0 Å². The van der Waals surface area contributed by atoms with Gasteiger partial charge in [-0.3, -0.25) is 4.79 Å². The highest BCUT2D eigenvalue weighted by atomic mass is 16.2. The van der Waals surface area contributed by atoms with Crippen LogP contribution in [0.1, 0.15) is 26.2 Å². The molecule has 0 spiro atoms. The lowest BCUT2D eigenvalue weighted by molar-refractivity contribution is -0.136. The van der Waals surface area contributed by atoms with Gasteiger partial charge in [0.15, 0.2) is 0 Å². The quantitative estimate of drug-likeness (QED) is 0.644. The van der Waals surface area contributed by atoms with Gasteiger partial charge >= 0.3 is 0 Å². The van der Waals surface area contributed by atoms with Gasteiger partial charge in [-0.05, 0) is 31.7 Å². The number of likely N-dealkylation sites (tertiary alicyclic amines) is 1. The van der Waals surface area contributed by atoms with E-state index < -0.39 is 0 Å². The zero-order valence-corrected chi connectivity index (χ0v) is 8.25. The predicted octanol–water partition coefficient (Wildman–Crippen LogP) is 0.607. The summed E-state index contributed by atoms with van der Waals surface area (Å²) >= 11 is 0. The molecule has 3 nitrogen and oxygen atoms in total. The number of piperidine rings is 1. The molecule has 0 saturated carbocycles. The van der Waals surface area contributed by atoms with Crippen molar-refractivity contribution in [1.82, 2.24) is 10.2 Å². The van der Waals surface area contributed by atoms with Gasteiger partial charge in [-0.15, -0.1) is 0 Å². The minimum atomic E-state index is 0.144. The Hall–Kier alpha value is -0.570. The molecule has 2 unspecified atom stereocenters. The average molecular weight is 182 g/mol. The van der Waals surface area contributed by atoms with E-state index >= 15 is 0 Å². The summed E-state index contributed by atoms with van der Waals surface area (Å²) < 4.78 is 0. The number of rotatable bonds is 1. The van der Waals surface area contributed by atoms with E-state index in [-0.39, 0.29) is 6.04 Å². The van der Waals surface area contributed by atoms with Crippen LogP contribution in [0.4, 0.5) is 0 Å². The lowest BCUT2D eigenvalue weighted by Crippen LogP contribution is -2.56. The molecule has 0 radical (unpaired) electrons. The number of amides is 1. The second kappa shape index (κ2) is 3.66. The van der Waals surface area contributed by atoms with Gasteiger partial charge in [-0.1, -0.05) is 6.92 Å². The van der Waals surface area contributed by atoms with Gasteiger partial charge in [0, 0.05) is 13.1 Å². The predicted molar refractivity (Wildman–Crippen MR) is 51.4 cm³/mol. The number of hydrogen-bond acceptors (Lipinski definition) is 2. The summed E-state index contributed by atoms with van der Waals surface area (Å²) in [4.78, 5) is 13.8. The van der Waals surface area contributed by atoms with Gasteiger partial charge < -0.3 is 10.2 Å². The molecule has 0 aromatic rings. The van der Waals surface area contributed by atoms with Gasteiger partial charge in [0.05, 0.1) is 6.04 Å². The molecule has 2 fully saturated rings. The summed E-state index contributed by atoms with van der Waals surface area (Å²) in [6.07, 6.45) is 3.49. The van der Waals surface area contributed by atoms with Gasteiger partial charge in [0.25, 0.3) is 0 Å². The number of carbonyl (C=O) groups is 1. The Balaban J connectivity index is 1.87. The summed E-state index contributed by atoms with van der Waals surface area (Å²) in [6.45, 7) is 5.19. The Labute approximate surface area is 79.5 Å². The van der Waals surface area contributed by atoms with Crippen LogP contribution in [-0.2, 0) is 4.79 Å². The summed E-state index contributed by atoms with van der Waals surface area (Å²) in [5, 5.41) is 3.17. The first-order chi connectivity index (χ1) is 6.27. The molecule has 2 rings (SSSR count). The third-order valence-electron chi connectivity index (χ3n) is 3.09. The fourth-order valence-corrected chi connectivity index (χ4v) is 2.11. The van der Waals surface area contributed by atoms with Crippen LogP contribution in [0.15, 0.2) is 0 Å². The van der Waals surface area contributed by atoms with Crippen molar-refractivity contribution in [3.63, 3.8) is 0 Å². The van der Waals surface area contributed by atoms with E-state index in [1.54, 1.807) is 0 Å². The van der Waals surface area contributed by atoms with Crippen molar-refractivity contribution in [3.8, 4) is 0 Å². The van der Waals surface area contributed by atoms with Crippen LogP contribution >= 0.6 is 0 Å². The third kappa shape index (κ3) is 1.85. The highest BCUT2D eigenvalue weighted by Gasteiger charge is 2.30. The first-order valence-electron chi connectivity index (χ1n) is 5.29. The van der Waals surface area contributed by atoms with Crippen molar-refractivity contribution < 1.29 is 4.79 Å². The highest BCUT2D eigenvalue weighted by Crippen LogP contribution is 2.17. The van der Waals surface area contributed by atoms with E-state index in [1.165, 1.54) is 12.8 Å². The molecule has 0 bridgehead atoms. The maximum atomic E-state index is 11.8. The molecular weight excluding hydrogens is 164 g/mol. The number of nitrogens with one attached hydrogen (secondary N) is 1. The fourth-order valence-electron chi connectivity index (χ4n) is 2.11. The van der Waals surface area contributed by atoms with Crippen molar-refractivity contribution in [1.29, 1.82) is 0 Å². The summed E-state index contributed by atoms with van der Waals surface area (Å²) in [7, 11) is 0. The Morgan fingerprint density at radius 3 is 2.77 bits per heavy atom. The normalized spacial score (nSPS) is 34.1. The van der Waals surface area contributed by atoms with Gasteiger partial charge in [-0.2, -0.15) is 0 Å². The lowest BCUT2D eigenvalue weighted by Gasteiger charge is -2.36. The molecule has 2 heterocycles. The zero-order valence-electron chi connectivity index (χ0n) is 8.25. The summed E-state index contributed by atoms with van der Waals surface area (Å²) in [6, 6.07) is 0.144. The van der Waals surface area contributed by atoms with Crippen molar-refractivity contribution in [3.05, 3.63) is 0 Å². The molecule has 3 heteroatoms. The molecule has 0 aromatic heterocycles. The maximum absolute atomic E-state index is 11.8. The molecule has 2 saturated heterocycles. The topological polar surface area (TPSA) is 32.3 Å². The first-order valence-corrected chi connectivity index (χ1v) is 5.29. The highest BCUT2D eigenvalue weighted by molar-refractivity contribution is 5.82. The summed E-state index contributed by atoms with van der Waals surface area (Å²) in [5.41, 5.74) is 0. The minimum absolute atomic E-state index is 0.144. The second-order valence-corrected chi connectivity index (χ2v) is 4.33. The lowest BCUT2D eigenvalue weighted by atomic mass is 9.98. The first kappa shape index (κ1) is 9.00. The van der Waals surface area contributed by atoms with Crippen molar-refractivity contribution in [2.75, 3.05) is 19.6 Å². The van der Waals surface area contributed by atoms with Gasteiger partial charge in [0.2, 0.25) is 5.91 Å². The zero-order chi connectivity index (χ0) is 9.26. The van der Waals surface area contributed by atoms with Crippen molar-refractivity contribution in [2.24, 2.45) is 5.92 Å². The fraction of sp³-hybridized carbons (Fsp3) is 0.900. The van der Waals surface area contributed by atoms with E-state index in [4.69, 9.17) is 0 Å². The molecule has 1 amide bonds. The van der Waals surface area contributed by atoms with E-state index in [2.05, 4.69) is 12.2 Å². The smallest absolute Gasteiger partial charge is 0.239 e. The maximum Gasteiger partial charge on any atom is 0.239 e. The van der Waals surface area contributed by atoms with Crippen molar-refractivity contribution in [2.45, 2.75) is 32.2 Å². The second-order valence-electron chi connectivity index (χ2n) is 4.33. The minimum Gasteiger partial charge on any atom is -0.341 e. The van der Waals surface area contributed by atoms with Crippen LogP contribution in [0.3, 0.4) is 0 Å². The molecule has 1 N–H and O–H groups in total. The SMILES string of the molecule is CC1CCCN(C(=O)C2CCN2)C1. The Kier molecular flexibility index (Phi) is 2.54. The molecule has 2 aliphatic heterocycles. The van der Waals surface area contributed by atoms with E-state index in [1.807, 2.05) is 4.90 Å². The Morgan fingerprint density at radius 1 is 1.46 bits per heavy atom. The van der Waals surface area contributed by atoms with E-state index in [9.17, 15) is 4.79 Å². The number of carbonyl (C=O) groups excluding carboxylic acids is 1. The van der Waals surface area contributed by atoms with Crippen LogP contribution in [0.5, 0.6) is 0 Å². The van der Waals surface area contributed by atoms with Gasteiger partial charge in [-0.25, -0.2) is 0 Å². The number of hydrogen-bond donors (Lipinski definition) is 1.